The van der Waals surface area contributed by atoms with Gasteiger partial charge in [-0.25, -0.2) is 0 Å². The number of rotatable bonds is 4. The summed E-state index contributed by atoms with van der Waals surface area (Å²) in [5.41, 5.74) is 0.947. The molecule has 0 radical (unpaired) electrons. The van der Waals surface area contributed by atoms with Crippen molar-refractivity contribution in [2.75, 3.05) is 18.5 Å². The zero-order valence-corrected chi connectivity index (χ0v) is 9.20. The minimum atomic E-state index is -0.280. The average Bonchev–Trinajstić information content (AvgIpc) is 2.15. The number of aliphatic hydroxyl groups excluding tert-OH is 1. The first-order valence-electron chi connectivity index (χ1n) is 4.60. The van der Waals surface area contributed by atoms with Crippen molar-refractivity contribution >= 4 is 17.3 Å². The highest BCUT2D eigenvalue weighted by atomic mass is 35.5. The largest absolute Gasteiger partial charge is 0.393 e. The predicted octanol–water partition coefficient (Wildman–Crippen LogP) is 1.94. The molecule has 1 aromatic heterocycles. The van der Waals surface area contributed by atoms with Crippen LogP contribution in [-0.2, 0) is 0 Å². The zero-order valence-electron chi connectivity index (χ0n) is 8.44. The minimum absolute atomic E-state index is 0.280. The van der Waals surface area contributed by atoms with E-state index in [2.05, 4.69) is 4.98 Å². The molecule has 0 saturated carbocycles. The molecule has 0 fully saturated rings. The first-order chi connectivity index (χ1) is 6.61. The lowest BCUT2D eigenvalue weighted by Gasteiger charge is -2.20. The third kappa shape index (κ3) is 3.16. The molecule has 1 unspecified atom stereocenters. The van der Waals surface area contributed by atoms with E-state index in [1.54, 1.807) is 19.3 Å². The van der Waals surface area contributed by atoms with Crippen molar-refractivity contribution in [3.63, 3.8) is 0 Å². The Balaban J connectivity index is 2.60. The second kappa shape index (κ2) is 5.17. The molecule has 0 aromatic carbocycles. The second-order valence-electron chi connectivity index (χ2n) is 3.39. The highest BCUT2D eigenvalue weighted by Gasteiger charge is 2.06. The molecule has 1 aromatic rings. The fourth-order valence-electron chi connectivity index (χ4n) is 1.18. The molecule has 0 spiro atoms. The standard InChI is InChI=1S/C10H15ClN2O/c1-8(14)4-6-13(2)10-3-5-12-7-9(10)11/h3,5,7-8,14H,4,6H2,1-2H3. The van der Waals surface area contributed by atoms with E-state index in [1.165, 1.54) is 0 Å². The van der Waals surface area contributed by atoms with Gasteiger partial charge in [-0.05, 0) is 19.4 Å². The lowest BCUT2D eigenvalue weighted by Crippen LogP contribution is -2.22. The SMILES string of the molecule is CC(O)CCN(C)c1ccncc1Cl. The third-order valence-corrected chi connectivity index (χ3v) is 2.34. The van der Waals surface area contributed by atoms with Gasteiger partial charge in [-0.2, -0.15) is 0 Å². The topological polar surface area (TPSA) is 36.4 Å². The number of pyridine rings is 1. The molecule has 1 rings (SSSR count). The van der Waals surface area contributed by atoms with Crippen molar-refractivity contribution in [3.05, 3.63) is 23.5 Å². The Hall–Kier alpha value is -0.800. The van der Waals surface area contributed by atoms with E-state index in [0.717, 1.165) is 18.7 Å². The van der Waals surface area contributed by atoms with Crippen LogP contribution in [0.3, 0.4) is 0 Å². The smallest absolute Gasteiger partial charge is 0.0822 e. The summed E-state index contributed by atoms with van der Waals surface area (Å²) >= 11 is 5.97. The predicted molar refractivity (Wildman–Crippen MR) is 58.8 cm³/mol. The molecule has 0 aliphatic rings. The van der Waals surface area contributed by atoms with Crippen molar-refractivity contribution in [1.29, 1.82) is 0 Å². The van der Waals surface area contributed by atoms with Gasteiger partial charge < -0.3 is 10.0 Å². The lowest BCUT2D eigenvalue weighted by atomic mass is 10.2. The Kier molecular flexibility index (Phi) is 4.17. The number of aliphatic hydroxyl groups is 1. The molecule has 0 bridgehead atoms. The van der Waals surface area contributed by atoms with Crippen LogP contribution in [0, 0.1) is 0 Å². The molecule has 1 N–H and O–H groups in total. The molecule has 0 aliphatic heterocycles. The molecular weight excluding hydrogens is 200 g/mol. The Morgan fingerprint density at radius 2 is 2.36 bits per heavy atom. The Labute approximate surface area is 89.3 Å². The lowest BCUT2D eigenvalue weighted by molar-refractivity contribution is 0.187. The molecule has 4 heteroatoms. The Bertz CT molecular complexity index is 291. The molecule has 0 aliphatic carbocycles. The van der Waals surface area contributed by atoms with Crippen LogP contribution in [0.5, 0.6) is 0 Å². The van der Waals surface area contributed by atoms with Crippen LogP contribution in [0.4, 0.5) is 5.69 Å². The van der Waals surface area contributed by atoms with Gasteiger partial charge in [0.1, 0.15) is 0 Å². The fraction of sp³-hybridized carbons (Fsp3) is 0.500. The summed E-state index contributed by atoms with van der Waals surface area (Å²) in [5.74, 6) is 0. The number of aromatic nitrogens is 1. The van der Waals surface area contributed by atoms with E-state index >= 15 is 0 Å². The third-order valence-electron chi connectivity index (χ3n) is 2.04. The van der Waals surface area contributed by atoms with Gasteiger partial charge in [0, 0.05) is 26.0 Å². The van der Waals surface area contributed by atoms with Gasteiger partial charge in [-0.1, -0.05) is 11.6 Å². The van der Waals surface area contributed by atoms with Gasteiger partial charge in [0.15, 0.2) is 0 Å². The number of anilines is 1. The molecule has 3 nitrogen and oxygen atoms in total. The van der Waals surface area contributed by atoms with Gasteiger partial charge in [0.05, 0.1) is 16.8 Å². The highest BCUT2D eigenvalue weighted by molar-refractivity contribution is 6.33. The van der Waals surface area contributed by atoms with Crippen molar-refractivity contribution in [2.45, 2.75) is 19.4 Å². The molecule has 0 saturated heterocycles. The molecule has 78 valence electrons. The molecule has 14 heavy (non-hydrogen) atoms. The zero-order chi connectivity index (χ0) is 10.6. The van der Waals surface area contributed by atoms with Crippen molar-refractivity contribution in [1.82, 2.24) is 4.98 Å². The van der Waals surface area contributed by atoms with Gasteiger partial charge in [0.25, 0.3) is 0 Å². The van der Waals surface area contributed by atoms with E-state index in [1.807, 2.05) is 18.0 Å². The van der Waals surface area contributed by atoms with E-state index in [-0.39, 0.29) is 6.10 Å². The summed E-state index contributed by atoms with van der Waals surface area (Å²) in [5, 5.41) is 9.78. The van der Waals surface area contributed by atoms with Gasteiger partial charge >= 0.3 is 0 Å². The van der Waals surface area contributed by atoms with Crippen LogP contribution in [0.2, 0.25) is 5.02 Å². The minimum Gasteiger partial charge on any atom is -0.393 e. The second-order valence-corrected chi connectivity index (χ2v) is 3.79. The Morgan fingerprint density at radius 1 is 1.64 bits per heavy atom. The monoisotopic (exact) mass is 214 g/mol. The summed E-state index contributed by atoms with van der Waals surface area (Å²) in [7, 11) is 1.95. The molecular formula is C10H15ClN2O. The quantitative estimate of drug-likeness (QED) is 0.832. The van der Waals surface area contributed by atoms with Crippen molar-refractivity contribution in [3.8, 4) is 0 Å². The van der Waals surface area contributed by atoms with Gasteiger partial charge in [0.2, 0.25) is 0 Å². The van der Waals surface area contributed by atoms with E-state index in [4.69, 9.17) is 16.7 Å². The maximum absolute atomic E-state index is 9.15. The maximum atomic E-state index is 9.15. The molecule has 1 heterocycles. The maximum Gasteiger partial charge on any atom is 0.0822 e. The van der Waals surface area contributed by atoms with Crippen LogP contribution in [0.25, 0.3) is 0 Å². The summed E-state index contributed by atoms with van der Waals surface area (Å²) in [6.45, 7) is 2.56. The Morgan fingerprint density at radius 3 is 2.93 bits per heavy atom. The normalized spacial score (nSPS) is 12.6. The summed E-state index contributed by atoms with van der Waals surface area (Å²) < 4.78 is 0. The summed E-state index contributed by atoms with van der Waals surface area (Å²) in [6, 6.07) is 1.87. The van der Waals surface area contributed by atoms with Gasteiger partial charge in [-0.15, -0.1) is 0 Å². The highest BCUT2D eigenvalue weighted by Crippen LogP contribution is 2.22. The average molecular weight is 215 g/mol. The van der Waals surface area contributed by atoms with E-state index in [0.29, 0.717) is 5.02 Å². The molecule has 0 amide bonds. The van der Waals surface area contributed by atoms with E-state index in [9.17, 15) is 0 Å². The van der Waals surface area contributed by atoms with Crippen LogP contribution in [0.1, 0.15) is 13.3 Å². The van der Waals surface area contributed by atoms with Crippen molar-refractivity contribution < 1.29 is 5.11 Å². The van der Waals surface area contributed by atoms with Gasteiger partial charge in [-0.3, -0.25) is 4.98 Å². The van der Waals surface area contributed by atoms with Crippen molar-refractivity contribution in [2.24, 2.45) is 0 Å². The van der Waals surface area contributed by atoms with Crippen LogP contribution in [0.15, 0.2) is 18.5 Å². The summed E-state index contributed by atoms with van der Waals surface area (Å²) in [4.78, 5) is 5.93. The number of hydrogen-bond donors (Lipinski definition) is 1. The number of hydrogen-bond acceptors (Lipinski definition) is 3. The van der Waals surface area contributed by atoms with Crippen LogP contribution < -0.4 is 4.90 Å². The van der Waals surface area contributed by atoms with Crippen LogP contribution in [-0.4, -0.2) is 29.8 Å². The fourth-order valence-corrected chi connectivity index (χ4v) is 1.44. The van der Waals surface area contributed by atoms with Crippen LogP contribution >= 0.6 is 11.6 Å². The van der Waals surface area contributed by atoms with E-state index < -0.39 is 0 Å². The number of nitrogens with zero attached hydrogens (tertiary/aromatic N) is 2. The number of halogens is 1. The first kappa shape index (κ1) is 11.3. The summed E-state index contributed by atoms with van der Waals surface area (Å²) in [6.07, 6.45) is 3.78. The molecule has 1 atom stereocenters. The first-order valence-corrected chi connectivity index (χ1v) is 4.97.